The van der Waals surface area contributed by atoms with Crippen molar-refractivity contribution in [3.05, 3.63) is 88.8 Å². The molecule has 4 rings (SSSR count). The minimum absolute atomic E-state index is 0.0521. The Bertz CT molecular complexity index is 1490. The van der Waals surface area contributed by atoms with Gasteiger partial charge in [-0.3, -0.25) is 4.72 Å². The Kier molecular flexibility index (Phi) is 7.26. The number of hydrogen-bond acceptors (Lipinski definition) is 6. The fourth-order valence-electron chi connectivity index (χ4n) is 3.72. The normalized spacial score (nSPS) is 11.8. The molecule has 0 bridgehead atoms. The van der Waals surface area contributed by atoms with Crippen LogP contribution in [0, 0.1) is 12.7 Å². The van der Waals surface area contributed by atoms with E-state index in [0.29, 0.717) is 10.7 Å². The number of hydrogen-bond donors (Lipinski definition) is 2. The molecule has 2 N–H and O–H groups in total. The van der Waals surface area contributed by atoms with Gasteiger partial charge in [0.2, 0.25) is 0 Å². The molecule has 0 aliphatic rings. The van der Waals surface area contributed by atoms with Crippen LogP contribution in [-0.2, 0) is 15.6 Å². The molecule has 0 aliphatic heterocycles. The van der Waals surface area contributed by atoms with Crippen molar-refractivity contribution in [1.29, 1.82) is 0 Å². The number of sulfonamides is 1. The number of anilines is 2. The Morgan fingerprint density at radius 2 is 1.78 bits per heavy atom. The van der Waals surface area contributed by atoms with Crippen molar-refractivity contribution in [2.75, 3.05) is 17.1 Å². The molecule has 36 heavy (non-hydrogen) atoms. The van der Waals surface area contributed by atoms with E-state index in [-0.39, 0.29) is 26.9 Å². The molecule has 188 valence electrons. The number of aryl methyl sites for hydroxylation is 1. The zero-order valence-corrected chi connectivity index (χ0v) is 22.5. The quantitative estimate of drug-likeness (QED) is 0.247. The topological polar surface area (TPSA) is 80.3 Å². The third-order valence-electron chi connectivity index (χ3n) is 5.63. The first-order chi connectivity index (χ1) is 17.0. The summed E-state index contributed by atoms with van der Waals surface area (Å²) in [5.41, 5.74) is 1.78. The monoisotopic (exact) mass is 545 g/mol. The number of aromatic nitrogens is 1. The van der Waals surface area contributed by atoms with Crippen LogP contribution in [0.2, 0.25) is 5.02 Å². The molecule has 4 aromatic rings. The lowest BCUT2D eigenvalue weighted by molar-refractivity contribution is 0.403. The summed E-state index contributed by atoms with van der Waals surface area (Å²) in [4.78, 5) is 5.32. The van der Waals surface area contributed by atoms with E-state index in [1.807, 2.05) is 37.3 Å². The average molecular weight is 546 g/mol. The van der Waals surface area contributed by atoms with Crippen molar-refractivity contribution in [1.82, 2.24) is 4.98 Å². The van der Waals surface area contributed by atoms with E-state index in [2.05, 4.69) is 28.9 Å². The maximum Gasteiger partial charge on any atom is 0.265 e. The third kappa shape index (κ3) is 5.33. The second-order valence-corrected chi connectivity index (χ2v) is 11.7. The highest BCUT2D eigenvalue weighted by Crippen LogP contribution is 2.39. The fraction of sp³-hybridized carbons (Fsp3) is 0.192. The smallest absolute Gasteiger partial charge is 0.265 e. The lowest BCUT2D eigenvalue weighted by atomic mass is 9.95. The second-order valence-electron chi connectivity index (χ2n) is 8.62. The number of nitrogens with one attached hydrogen (secondary N) is 2. The molecule has 3 aromatic carbocycles. The van der Waals surface area contributed by atoms with Crippen molar-refractivity contribution in [3.63, 3.8) is 0 Å². The predicted octanol–water partition coefficient (Wildman–Crippen LogP) is 7.07. The molecule has 0 saturated heterocycles. The van der Waals surface area contributed by atoms with Gasteiger partial charge in [0.25, 0.3) is 10.0 Å². The number of nitrogens with zero attached hydrogens (tertiary/aromatic N) is 1. The van der Waals surface area contributed by atoms with Gasteiger partial charge in [-0.2, -0.15) is 0 Å². The molecule has 0 amide bonds. The lowest BCUT2D eigenvalue weighted by Gasteiger charge is -2.26. The van der Waals surface area contributed by atoms with Crippen molar-refractivity contribution < 1.29 is 17.5 Å². The Labute approximate surface area is 219 Å². The molecule has 10 heteroatoms. The van der Waals surface area contributed by atoms with E-state index < -0.39 is 15.8 Å². The Balaban J connectivity index is 1.70. The average Bonchev–Trinajstić information content (AvgIpc) is 3.20. The molecule has 0 fully saturated rings. The number of para-hydroxylation sites is 1. The van der Waals surface area contributed by atoms with Gasteiger partial charge in [0.15, 0.2) is 5.13 Å². The van der Waals surface area contributed by atoms with Gasteiger partial charge >= 0.3 is 0 Å². The maximum atomic E-state index is 14.3. The van der Waals surface area contributed by atoms with E-state index in [1.54, 1.807) is 12.1 Å². The molecule has 1 aromatic heterocycles. The third-order valence-corrected chi connectivity index (χ3v) is 8.43. The van der Waals surface area contributed by atoms with Gasteiger partial charge in [0.05, 0.1) is 28.2 Å². The SMILES string of the molecule is COc1ccc(-c2sc(NC(C)(C)c3ccccc3)nc2C)cc1S(=O)(=O)Nc1c(F)cccc1Cl. The van der Waals surface area contributed by atoms with Gasteiger partial charge in [-0.25, -0.2) is 17.8 Å². The zero-order valence-electron chi connectivity index (χ0n) is 20.1. The first-order valence-electron chi connectivity index (χ1n) is 11.0. The van der Waals surface area contributed by atoms with Crippen LogP contribution in [0.25, 0.3) is 10.4 Å². The molecule has 0 unspecified atom stereocenters. The molecule has 0 radical (unpaired) electrons. The number of methoxy groups -OCH3 is 1. The van der Waals surface area contributed by atoms with E-state index >= 15 is 0 Å². The number of halogens is 2. The number of benzene rings is 3. The van der Waals surface area contributed by atoms with Gasteiger partial charge in [0, 0.05) is 0 Å². The summed E-state index contributed by atoms with van der Waals surface area (Å²) in [6, 6.07) is 18.8. The van der Waals surface area contributed by atoms with Crippen LogP contribution in [0.5, 0.6) is 5.75 Å². The summed E-state index contributed by atoms with van der Waals surface area (Å²) < 4.78 is 48.4. The molecule has 1 heterocycles. The van der Waals surface area contributed by atoms with Gasteiger partial charge in [-0.1, -0.05) is 59.3 Å². The van der Waals surface area contributed by atoms with Crippen molar-refractivity contribution in [2.45, 2.75) is 31.2 Å². The van der Waals surface area contributed by atoms with Gasteiger partial charge < -0.3 is 10.1 Å². The molecule has 0 aliphatic carbocycles. The van der Waals surface area contributed by atoms with Crippen LogP contribution in [0.1, 0.15) is 25.1 Å². The molecule has 0 atom stereocenters. The summed E-state index contributed by atoms with van der Waals surface area (Å²) >= 11 is 7.45. The summed E-state index contributed by atoms with van der Waals surface area (Å²) in [5.74, 6) is -0.666. The van der Waals surface area contributed by atoms with E-state index in [0.717, 1.165) is 22.2 Å². The maximum absolute atomic E-state index is 14.3. The summed E-state index contributed by atoms with van der Waals surface area (Å²) in [6.45, 7) is 5.99. The highest BCUT2D eigenvalue weighted by molar-refractivity contribution is 7.92. The second kappa shape index (κ2) is 10.1. The van der Waals surface area contributed by atoms with E-state index in [4.69, 9.17) is 16.3 Å². The van der Waals surface area contributed by atoms with Gasteiger partial charge in [0.1, 0.15) is 22.1 Å². The highest BCUT2D eigenvalue weighted by Gasteiger charge is 2.25. The zero-order chi connectivity index (χ0) is 26.1. The largest absolute Gasteiger partial charge is 0.495 e. The summed E-state index contributed by atoms with van der Waals surface area (Å²) in [6.07, 6.45) is 0. The molecular weight excluding hydrogens is 521 g/mol. The van der Waals surface area contributed by atoms with Crippen LogP contribution in [0.4, 0.5) is 15.2 Å². The van der Waals surface area contributed by atoms with Gasteiger partial charge in [-0.15, -0.1) is 0 Å². The lowest BCUT2D eigenvalue weighted by Crippen LogP contribution is -2.27. The van der Waals surface area contributed by atoms with Crippen LogP contribution in [0.15, 0.2) is 71.6 Å². The molecule has 6 nitrogen and oxygen atoms in total. The van der Waals surface area contributed by atoms with Crippen LogP contribution >= 0.6 is 22.9 Å². The first-order valence-corrected chi connectivity index (χ1v) is 13.7. The van der Waals surface area contributed by atoms with Crippen LogP contribution < -0.4 is 14.8 Å². The predicted molar refractivity (Wildman–Crippen MR) is 144 cm³/mol. The van der Waals surface area contributed by atoms with Crippen molar-refractivity contribution >= 4 is 43.8 Å². The molecule has 0 spiro atoms. The minimum atomic E-state index is -4.23. The Hall–Kier alpha value is -3.14. The highest BCUT2D eigenvalue weighted by atomic mass is 35.5. The van der Waals surface area contributed by atoms with Crippen molar-refractivity contribution in [2.24, 2.45) is 0 Å². The molecule has 0 saturated carbocycles. The number of rotatable bonds is 8. The summed E-state index contributed by atoms with van der Waals surface area (Å²) in [7, 11) is -2.86. The Morgan fingerprint density at radius 3 is 2.44 bits per heavy atom. The van der Waals surface area contributed by atoms with E-state index in [1.165, 1.54) is 36.6 Å². The standard InChI is InChI=1S/C26H25ClFN3O3S2/c1-16-24(35-25(29-16)30-26(2,3)18-9-6-5-7-10-18)17-13-14-21(34-4)22(15-17)36(32,33)31-23-19(27)11-8-12-20(23)28/h5-15,31H,1-4H3,(H,29,30). The summed E-state index contributed by atoms with van der Waals surface area (Å²) in [5, 5.41) is 4.12. The van der Waals surface area contributed by atoms with Crippen molar-refractivity contribution in [3.8, 4) is 16.2 Å². The van der Waals surface area contributed by atoms with Crippen LogP contribution in [0.3, 0.4) is 0 Å². The molecular formula is C26H25ClFN3O3S2. The first kappa shape index (κ1) is 25.9. The Morgan fingerprint density at radius 1 is 1.06 bits per heavy atom. The van der Waals surface area contributed by atoms with Gasteiger partial charge in [-0.05, 0) is 62.2 Å². The number of ether oxygens (including phenoxy) is 1. The number of thiazole rings is 1. The fourth-order valence-corrected chi connectivity index (χ4v) is 6.40. The van der Waals surface area contributed by atoms with E-state index in [9.17, 15) is 12.8 Å². The minimum Gasteiger partial charge on any atom is -0.495 e. The van der Waals surface area contributed by atoms with Crippen LogP contribution in [-0.4, -0.2) is 20.5 Å².